The van der Waals surface area contributed by atoms with Crippen LogP contribution < -0.4 is 15.4 Å². The van der Waals surface area contributed by atoms with Crippen molar-refractivity contribution in [1.82, 2.24) is 10.6 Å². The molecule has 1 unspecified atom stereocenters. The van der Waals surface area contributed by atoms with E-state index in [0.717, 1.165) is 31.2 Å². The summed E-state index contributed by atoms with van der Waals surface area (Å²) in [7, 11) is 3.38. The van der Waals surface area contributed by atoms with Gasteiger partial charge in [0, 0.05) is 39.3 Å². The number of hydrogen-bond acceptors (Lipinski definition) is 4. The molecule has 0 aliphatic heterocycles. The second-order valence-electron chi connectivity index (χ2n) is 5.75. The van der Waals surface area contributed by atoms with Gasteiger partial charge in [-0.1, -0.05) is 25.1 Å². The molecule has 26 heavy (non-hydrogen) atoms. The third-order valence-corrected chi connectivity index (χ3v) is 3.73. The zero-order valence-electron chi connectivity index (χ0n) is 16.4. The fourth-order valence-corrected chi connectivity index (χ4v) is 2.37. The van der Waals surface area contributed by atoms with Crippen LogP contribution in [0.3, 0.4) is 0 Å². The summed E-state index contributed by atoms with van der Waals surface area (Å²) < 4.78 is 15.8. The van der Waals surface area contributed by atoms with Crippen LogP contribution in [0.1, 0.15) is 31.7 Å². The van der Waals surface area contributed by atoms with Crippen molar-refractivity contribution in [2.45, 2.75) is 26.2 Å². The third kappa shape index (κ3) is 10.2. The molecule has 0 amide bonds. The lowest BCUT2D eigenvalue weighted by Crippen LogP contribution is -2.38. The molecule has 0 spiro atoms. The van der Waals surface area contributed by atoms with Gasteiger partial charge in [-0.05, 0) is 25.0 Å². The van der Waals surface area contributed by atoms with Crippen molar-refractivity contribution >= 4 is 29.9 Å². The maximum atomic E-state index is 5.46. The Morgan fingerprint density at radius 1 is 1.12 bits per heavy atom. The molecular formula is C19H34IN3O3. The lowest BCUT2D eigenvalue weighted by Gasteiger charge is -2.16. The first-order valence-electron chi connectivity index (χ1n) is 8.94. The van der Waals surface area contributed by atoms with Gasteiger partial charge in [0.15, 0.2) is 5.96 Å². The van der Waals surface area contributed by atoms with Crippen LogP contribution in [0, 0.1) is 0 Å². The van der Waals surface area contributed by atoms with E-state index >= 15 is 0 Å². The van der Waals surface area contributed by atoms with E-state index in [0.29, 0.717) is 26.4 Å². The Morgan fingerprint density at radius 2 is 1.88 bits per heavy atom. The predicted molar refractivity (Wildman–Crippen MR) is 118 cm³/mol. The third-order valence-electron chi connectivity index (χ3n) is 3.73. The summed E-state index contributed by atoms with van der Waals surface area (Å²) in [5.74, 6) is 2.03. The zero-order valence-corrected chi connectivity index (χ0v) is 18.7. The Morgan fingerprint density at radius 3 is 2.58 bits per heavy atom. The van der Waals surface area contributed by atoms with Gasteiger partial charge in [-0.15, -0.1) is 24.0 Å². The zero-order chi connectivity index (χ0) is 18.3. The normalized spacial score (nSPS) is 12.2. The molecule has 1 rings (SSSR count). The minimum absolute atomic E-state index is 0. The molecule has 7 heteroatoms. The maximum absolute atomic E-state index is 5.46. The van der Waals surface area contributed by atoms with Crippen LogP contribution in [0.25, 0.3) is 0 Å². The summed E-state index contributed by atoms with van der Waals surface area (Å²) in [5.41, 5.74) is 1.18. The summed E-state index contributed by atoms with van der Waals surface area (Å²) in [6.45, 7) is 8.57. The van der Waals surface area contributed by atoms with Crippen LogP contribution in [-0.2, 0) is 9.47 Å². The topological polar surface area (TPSA) is 64.1 Å². The molecule has 0 radical (unpaired) electrons. The second kappa shape index (κ2) is 16.1. The number of guanidine groups is 1. The molecule has 1 atom stereocenters. The van der Waals surface area contributed by atoms with Gasteiger partial charge in [0.25, 0.3) is 0 Å². The second-order valence-corrected chi connectivity index (χ2v) is 5.75. The highest BCUT2D eigenvalue weighted by Gasteiger charge is 2.10. The van der Waals surface area contributed by atoms with Gasteiger partial charge in [0.1, 0.15) is 5.75 Å². The van der Waals surface area contributed by atoms with Gasteiger partial charge in [-0.2, -0.15) is 0 Å². The number of para-hydroxylation sites is 1. The number of halogens is 1. The fourth-order valence-electron chi connectivity index (χ4n) is 2.37. The van der Waals surface area contributed by atoms with Gasteiger partial charge < -0.3 is 24.8 Å². The quantitative estimate of drug-likeness (QED) is 0.209. The van der Waals surface area contributed by atoms with Gasteiger partial charge in [0.05, 0.1) is 20.3 Å². The van der Waals surface area contributed by atoms with E-state index in [2.05, 4.69) is 30.5 Å². The molecule has 0 saturated heterocycles. The summed E-state index contributed by atoms with van der Waals surface area (Å²) in [5, 5.41) is 6.62. The van der Waals surface area contributed by atoms with E-state index in [1.807, 2.05) is 18.2 Å². The van der Waals surface area contributed by atoms with Gasteiger partial charge in [-0.3, -0.25) is 4.99 Å². The average Bonchev–Trinajstić information content (AvgIpc) is 2.64. The van der Waals surface area contributed by atoms with E-state index in [9.17, 15) is 0 Å². The lowest BCUT2D eigenvalue weighted by molar-refractivity contribution is 0.0698. The van der Waals surface area contributed by atoms with Crippen LogP contribution in [0.4, 0.5) is 0 Å². The highest BCUT2D eigenvalue weighted by atomic mass is 127. The number of methoxy groups -OCH3 is 2. The van der Waals surface area contributed by atoms with Crippen molar-refractivity contribution in [3.05, 3.63) is 29.8 Å². The summed E-state index contributed by atoms with van der Waals surface area (Å²) in [4.78, 5) is 4.69. The first-order chi connectivity index (χ1) is 12.2. The molecule has 150 valence electrons. The molecule has 1 aromatic rings. The Labute approximate surface area is 175 Å². The van der Waals surface area contributed by atoms with E-state index in [1.165, 1.54) is 5.56 Å². The summed E-state index contributed by atoms with van der Waals surface area (Å²) in [6.07, 6.45) is 0.927. The van der Waals surface area contributed by atoms with E-state index in [4.69, 9.17) is 19.2 Å². The molecule has 0 aliphatic carbocycles. The van der Waals surface area contributed by atoms with Gasteiger partial charge in [0.2, 0.25) is 0 Å². The Kier molecular flexibility index (Phi) is 15.5. The van der Waals surface area contributed by atoms with E-state index in [1.54, 1.807) is 14.2 Å². The van der Waals surface area contributed by atoms with Crippen molar-refractivity contribution in [1.29, 1.82) is 0 Å². The standard InChI is InChI=1S/C19H33N3O3.HI/c1-5-20-19(21-11-8-12-25-14-13-23-3)22-15-16(2)17-9-6-7-10-18(17)24-4;/h6-7,9-10,16H,5,8,11-15H2,1-4H3,(H2,20,21,22);1H. The summed E-state index contributed by atoms with van der Waals surface area (Å²) in [6, 6.07) is 8.10. The van der Waals surface area contributed by atoms with Crippen molar-refractivity contribution in [3.8, 4) is 5.75 Å². The van der Waals surface area contributed by atoms with E-state index < -0.39 is 0 Å². The van der Waals surface area contributed by atoms with Crippen molar-refractivity contribution < 1.29 is 14.2 Å². The molecule has 6 nitrogen and oxygen atoms in total. The highest BCUT2D eigenvalue weighted by molar-refractivity contribution is 14.0. The first-order valence-corrected chi connectivity index (χ1v) is 8.94. The molecule has 0 saturated carbocycles. The highest BCUT2D eigenvalue weighted by Crippen LogP contribution is 2.26. The fraction of sp³-hybridized carbons (Fsp3) is 0.632. The number of nitrogens with one attached hydrogen (secondary N) is 2. The molecule has 2 N–H and O–H groups in total. The molecule has 1 aromatic carbocycles. The maximum Gasteiger partial charge on any atom is 0.191 e. The van der Waals surface area contributed by atoms with Crippen LogP contribution in [-0.4, -0.2) is 59.6 Å². The van der Waals surface area contributed by atoms with Crippen molar-refractivity contribution in [2.24, 2.45) is 4.99 Å². The monoisotopic (exact) mass is 479 g/mol. The molecular weight excluding hydrogens is 445 g/mol. The minimum atomic E-state index is 0. The molecule has 0 aliphatic rings. The SMILES string of the molecule is CCNC(=NCC(C)c1ccccc1OC)NCCCOCCOC.I. The first kappa shape index (κ1) is 24.9. The largest absolute Gasteiger partial charge is 0.496 e. The van der Waals surface area contributed by atoms with Crippen LogP contribution >= 0.6 is 24.0 Å². The number of aliphatic imine (C=N–C) groups is 1. The number of ether oxygens (including phenoxy) is 3. The minimum Gasteiger partial charge on any atom is -0.496 e. The number of hydrogen-bond donors (Lipinski definition) is 2. The van der Waals surface area contributed by atoms with Crippen LogP contribution in [0.5, 0.6) is 5.75 Å². The Bertz CT molecular complexity index is 501. The molecule has 0 bridgehead atoms. The van der Waals surface area contributed by atoms with Gasteiger partial charge in [-0.25, -0.2) is 0 Å². The molecule has 0 aromatic heterocycles. The number of nitrogens with zero attached hydrogens (tertiary/aromatic N) is 1. The number of benzene rings is 1. The molecule has 0 fully saturated rings. The molecule has 0 heterocycles. The van der Waals surface area contributed by atoms with Crippen molar-refractivity contribution in [3.63, 3.8) is 0 Å². The van der Waals surface area contributed by atoms with Crippen LogP contribution in [0.15, 0.2) is 29.3 Å². The Balaban J connectivity index is 0.00000625. The van der Waals surface area contributed by atoms with Gasteiger partial charge >= 0.3 is 0 Å². The average molecular weight is 479 g/mol. The number of rotatable bonds is 12. The van der Waals surface area contributed by atoms with E-state index in [-0.39, 0.29) is 29.9 Å². The summed E-state index contributed by atoms with van der Waals surface area (Å²) >= 11 is 0. The van der Waals surface area contributed by atoms with Crippen molar-refractivity contribution in [2.75, 3.05) is 53.7 Å². The lowest BCUT2D eigenvalue weighted by atomic mass is 10.0. The predicted octanol–water partition coefficient (Wildman–Crippen LogP) is 3.02. The smallest absolute Gasteiger partial charge is 0.191 e. The Hall–Kier alpha value is -1.06. The van der Waals surface area contributed by atoms with Crippen LogP contribution in [0.2, 0.25) is 0 Å².